The standard InChI is InChI=1S/C27H22Cl2N2O5S/c1-16-4-3-5-20(10-16)30-24(32)14-31-26(33)23(37-27(31)34)13-18-11-21(29)25(22(12-18)35-2)36-15-17-6-8-19(28)9-7-17/h3-13H,14-15H2,1-2H3,(H,30,32)/b23-13-. The SMILES string of the molecule is COc1cc(/C=C2\SC(=O)N(CC(=O)Nc3cccc(C)c3)C2=O)cc(Cl)c1OCc1ccc(Cl)cc1. The van der Waals surface area contributed by atoms with Crippen molar-refractivity contribution in [2.24, 2.45) is 0 Å². The maximum absolute atomic E-state index is 12.9. The number of carbonyl (C=O) groups is 3. The van der Waals surface area contributed by atoms with Gasteiger partial charge in [0.25, 0.3) is 11.1 Å². The lowest BCUT2D eigenvalue weighted by Gasteiger charge is -2.14. The van der Waals surface area contributed by atoms with Crippen molar-refractivity contribution in [2.45, 2.75) is 13.5 Å². The molecule has 3 aromatic carbocycles. The van der Waals surface area contributed by atoms with E-state index in [2.05, 4.69) is 5.32 Å². The zero-order valence-electron chi connectivity index (χ0n) is 19.9. The molecule has 1 aliphatic heterocycles. The number of anilines is 1. The quantitative estimate of drug-likeness (QED) is 0.316. The summed E-state index contributed by atoms with van der Waals surface area (Å²) in [5, 5.41) is 3.07. The minimum absolute atomic E-state index is 0.168. The van der Waals surface area contributed by atoms with E-state index in [9.17, 15) is 14.4 Å². The van der Waals surface area contributed by atoms with Gasteiger partial charge in [-0.2, -0.15) is 0 Å². The molecular formula is C27H22Cl2N2O5S. The smallest absolute Gasteiger partial charge is 0.294 e. The first-order chi connectivity index (χ1) is 17.7. The largest absolute Gasteiger partial charge is 0.493 e. The second-order valence-electron chi connectivity index (χ2n) is 8.13. The molecule has 7 nitrogen and oxygen atoms in total. The molecule has 3 aromatic rings. The monoisotopic (exact) mass is 556 g/mol. The van der Waals surface area contributed by atoms with E-state index >= 15 is 0 Å². The van der Waals surface area contributed by atoms with Crippen LogP contribution < -0.4 is 14.8 Å². The molecule has 1 saturated heterocycles. The molecule has 0 saturated carbocycles. The van der Waals surface area contributed by atoms with Gasteiger partial charge in [0.15, 0.2) is 11.5 Å². The second kappa shape index (κ2) is 11.7. The molecule has 0 spiro atoms. The van der Waals surface area contributed by atoms with Crippen LogP contribution >= 0.6 is 35.0 Å². The van der Waals surface area contributed by atoms with Crippen LogP contribution in [-0.2, 0) is 16.2 Å². The van der Waals surface area contributed by atoms with E-state index in [1.165, 1.54) is 13.2 Å². The fourth-order valence-electron chi connectivity index (χ4n) is 3.55. The average Bonchev–Trinajstić information content (AvgIpc) is 3.11. The Hall–Kier alpha value is -3.46. The Morgan fingerprint density at radius 3 is 2.54 bits per heavy atom. The van der Waals surface area contributed by atoms with Gasteiger partial charge in [0.1, 0.15) is 13.2 Å². The van der Waals surface area contributed by atoms with Crippen molar-refractivity contribution >= 4 is 63.8 Å². The number of imide groups is 1. The highest BCUT2D eigenvalue weighted by molar-refractivity contribution is 8.18. The van der Waals surface area contributed by atoms with Crippen LogP contribution in [0.4, 0.5) is 10.5 Å². The molecular weight excluding hydrogens is 535 g/mol. The number of nitrogens with zero attached hydrogens (tertiary/aromatic N) is 1. The van der Waals surface area contributed by atoms with Gasteiger partial charge in [-0.05, 0) is 77.9 Å². The summed E-state index contributed by atoms with van der Waals surface area (Å²) in [7, 11) is 1.48. The lowest BCUT2D eigenvalue weighted by molar-refractivity contribution is -0.127. The van der Waals surface area contributed by atoms with E-state index in [4.69, 9.17) is 32.7 Å². The molecule has 0 aliphatic carbocycles. The Labute approximate surface area is 228 Å². The number of halogens is 2. The predicted molar refractivity (Wildman–Crippen MR) is 146 cm³/mol. The van der Waals surface area contributed by atoms with Crippen molar-refractivity contribution < 1.29 is 23.9 Å². The van der Waals surface area contributed by atoms with Gasteiger partial charge in [0, 0.05) is 10.7 Å². The Kier molecular flexibility index (Phi) is 8.43. The third kappa shape index (κ3) is 6.65. The van der Waals surface area contributed by atoms with Crippen molar-refractivity contribution in [1.82, 2.24) is 4.90 Å². The minimum Gasteiger partial charge on any atom is -0.493 e. The Balaban J connectivity index is 1.46. The highest BCUT2D eigenvalue weighted by Crippen LogP contribution is 2.39. The summed E-state index contributed by atoms with van der Waals surface area (Å²) in [6, 6.07) is 17.7. The van der Waals surface area contributed by atoms with E-state index in [1.54, 1.807) is 42.5 Å². The number of rotatable bonds is 8. The molecule has 10 heteroatoms. The number of carbonyl (C=O) groups excluding carboxylic acids is 3. The van der Waals surface area contributed by atoms with Gasteiger partial charge in [-0.1, -0.05) is 47.5 Å². The number of thioether (sulfide) groups is 1. The molecule has 1 fully saturated rings. The number of ether oxygens (including phenoxy) is 2. The van der Waals surface area contributed by atoms with E-state index < -0.39 is 23.6 Å². The zero-order chi connectivity index (χ0) is 26.5. The Morgan fingerprint density at radius 2 is 1.84 bits per heavy atom. The van der Waals surface area contributed by atoms with Gasteiger partial charge in [-0.25, -0.2) is 0 Å². The number of amides is 3. The van der Waals surface area contributed by atoms with Crippen LogP contribution in [0.1, 0.15) is 16.7 Å². The summed E-state index contributed by atoms with van der Waals surface area (Å²) in [6.45, 7) is 1.75. The fourth-order valence-corrected chi connectivity index (χ4v) is 4.79. The molecule has 0 atom stereocenters. The van der Waals surface area contributed by atoms with Crippen molar-refractivity contribution in [2.75, 3.05) is 19.0 Å². The normalized spacial score (nSPS) is 14.3. The number of aryl methyl sites for hydroxylation is 1. The number of benzene rings is 3. The van der Waals surface area contributed by atoms with Crippen molar-refractivity contribution in [3.63, 3.8) is 0 Å². The molecule has 0 radical (unpaired) electrons. The summed E-state index contributed by atoms with van der Waals surface area (Å²) in [4.78, 5) is 38.9. The molecule has 190 valence electrons. The van der Waals surface area contributed by atoms with Crippen molar-refractivity contribution in [3.8, 4) is 11.5 Å². The summed E-state index contributed by atoms with van der Waals surface area (Å²) in [6.07, 6.45) is 1.53. The molecule has 1 heterocycles. The zero-order valence-corrected chi connectivity index (χ0v) is 22.2. The Bertz CT molecular complexity index is 1390. The maximum Gasteiger partial charge on any atom is 0.294 e. The molecule has 4 rings (SSSR count). The van der Waals surface area contributed by atoms with Gasteiger partial charge in [-0.3, -0.25) is 19.3 Å². The number of methoxy groups -OCH3 is 1. The molecule has 1 aliphatic rings. The van der Waals surface area contributed by atoms with Crippen LogP contribution in [-0.4, -0.2) is 35.6 Å². The summed E-state index contributed by atoms with van der Waals surface area (Å²) in [5.41, 5.74) is 3.00. The molecule has 0 aromatic heterocycles. The van der Waals surface area contributed by atoms with Crippen LogP contribution in [0.2, 0.25) is 10.0 Å². The summed E-state index contributed by atoms with van der Waals surface area (Å²) < 4.78 is 11.3. The second-order valence-corrected chi connectivity index (χ2v) is 9.97. The first-order valence-electron chi connectivity index (χ1n) is 11.1. The third-order valence-corrected chi connectivity index (χ3v) is 6.76. The van der Waals surface area contributed by atoms with Gasteiger partial charge in [-0.15, -0.1) is 0 Å². The highest BCUT2D eigenvalue weighted by Gasteiger charge is 2.36. The molecule has 0 bridgehead atoms. The molecule has 0 unspecified atom stereocenters. The lowest BCUT2D eigenvalue weighted by Crippen LogP contribution is -2.36. The number of hydrogen-bond acceptors (Lipinski definition) is 6. The van der Waals surface area contributed by atoms with Gasteiger partial charge >= 0.3 is 0 Å². The maximum atomic E-state index is 12.9. The summed E-state index contributed by atoms with van der Waals surface area (Å²) >= 11 is 13.1. The number of hydrogen-bond donors (Lipinski definition) is 1. The van der Waals surface area contributed by atoms with Crippen molar-refractivity contribution in [3.05, 3.63) is 92.3 Å². The van der Waals surface area contributed by atoms with Crippen LogP contribution in [0.15, 0.2) is 65.6 Å². The van der Waals surface area contributed by atoms with Gasteiger partial charge in [0.05, 0.1) is 17.0 Å². The number of nitrogens with one attached hydrogen (secondary N) is 1. The van der Waals surface area contributed by atoms with E-state index in [0.717, 1.165) is 27.8 Å². The van der Waals surface area contributed by atoms with Crippen LogP contribution in [0, 0.1) is 6.92 Å². The van der Waals surface area contributed by atoms with E-state index in [1.807, 2.05) is 25.1 Å². The predicted octanol–water partition coefficient (Wildman–Crippen LogP) is 6.56. The molecule has 3 amide bonds. The van der Waals surface area contributed by atoms with Crippen molar-refractivity contribution in [1.29, 1.82) is 0 Å². The lowest BCUT2D eigenvalue weighted by atomic mass is 10.1. The highest BCUT2D eigenvalue weighted by atomic mass is 35.5. The topological polar surface area (TPSA) is 84.9 Å². The summed E-state index contributed by atoms with van der Waals surface area (Å²) in [5.74, 6) is -0.324. The minimum atomic E-state index is -0.562. The van der Waals surface area contributed by atoms with Gasteiger partial charge in [0.2, 0.25) is 5.91 Å². The fraction of sp³-hybridized carbons (Fsp3) is 0.148. The average molecular weight is 557 g/mol. The van der Waals surface area contributed by atoms with Crippen LogP contribution in [0.3, 0.4) is 0 Å². The Morgan fingerprint density at radius 1 is 1.08 bits per heavy atom. The van der Waals surface area contributed by atoms with Gasteiger partial charge < -0.3 is 14.8 Å². The van der Waals surface area contributed by atoms with Crippen LogP contribution in [0.5, 0.6) is 11.5 Å². The third-order valence-electron chi connectivity index (χ3n) is 5.32. The van der Waals surface area contributed by atoms with E-state index in [0.29, 0.717) is 27.8 Å². The molecule has 37 heavy (non-hydrogen) atoms. The van der Waals surface area contributed by atoms with Crippen LogP contribution in [0.25, 0.3) is 6.08 Å². The molecule has 1 N–H and O–H groups in total. The first kappa shape index (κ1) is 26.6. The van der Waals surface area contributed by atoms with E-state index in [-0.39, 0.29) is 16.5 Å². The first-order valence-corrected chi connectivity index (χ1v) is 12.7.